The second-order valence-electron chi connectivity index (χ2n) is 4.76. The molecule has 122 valence electrons. The molecule has 2 rings (SSSR count). The van der Waals surface area contributed by atoms with E-state index in [1.54, 1.807) is 31.5 Å². The summed E-state index contributed by atoms with van der Waals surface area (Å²) in [4.78, 5) is 16.4. The summed E-state index contributed by atoms with van der Waals surface area (Å²) in [6.45, 7) is 3.80. The Labute approximate surface area is 135 Å². The summed E-state index contributed by atoms with van der Waals surface area (Å²) >= 11 is 0. The van der Waals surface area contributed by atoms with Crippen LogP contribution in [-0.4, -0.2) is 37.8 Å². The van der Waals surface area contributed by atoms with Crippen molar-refractivity contribution in [2.45, 2.75) is 6.92 Å². The van der Waals surface area contributed by atoms with E-state index in [4.69, 9.17) is 9.47 Å². The Morgan fingerprint density at radius 2 is 1.96 bits per heavy atom. The molecule has 23 heavy (non-hydrogen) atoms. The fourth-order valence-electron chi connectivity index (χ4n) is 1.96. The molecule has 0 saturated heterocycles. The molecule has 0 unspecified atom stereocenters. The number of methoxy groups -OCH3 is 1. The molecule has 6 nitrogen and oxygen atoms in total. The summed E-state index contributed by atoms with van der Waals surface area (Å²) in [6.07, 6.45) is 1.60. The summed E-state index contributed by atoms with van der Waals surface area (Å²) in [7, 11) is 1.64. The number of ether oxygens (including phenoxy) is 2. The molecule has 0 aliphatic heterocycles. The Kier molecular flexibility index (Phi) is 6.38. The summed E-state index contributed by atoms with van der Waals surface area (Å²) in [5.74, 6) is 0.512. The van der Waals surface area contributed by atoms with Gasteiger partial charge in [0.25, 0.3) is 5.91 Å². The molecule has 0 spiro atoms. The number of hydrogen-bond acceptors (Lipinski definition) is 5. The second kappa shape index (κ2) is 8.75. The van der Waals surface area contributed by atoms with Gasteiger partial charge >= 0.3 is 0 Å². The third kappa shape index (κ3) is 5.27. The number of anilines is 2. The first-order valence-corrected chi connectivity index (χ1v) is 7.46. The Bertz CT molecular complexity index is 629. The maximum absolute atomic E-state index is 12.2. The van der Waals surface area contributed by atoms with Gasteiger partial charge in [0, 0.05) is 31.2 Å². The van der Waals surface area contributed by atoms with Crippen molar-refractivity contribution in [3.63, 3.8) is 0 Å². The van der Waals surface area contributed by atoms with Gasteiger partial charge in [0.1, 0.15) is 11.4 Å². The van der Waals surface area contributed by atoms with Crippen molar-refractivity contribution in [2.24, 2.45) is 0 Å². The van der Waals surface area contributed by atoms with Crippen molar-refractivity contribution in [1.82, 2.24) is 4.98 Å². The van der Waals surface area contributed by atoms with Gasteiger partial charge in [-0.3, -0.25) is 9.78 Å². The van der Waals surface area contributed by atoms with Gasteiger partial charge in [0.2, 0.25) is 0 Å². The first-order chi connectivity index (χ1) is 11.2. The number of benzene rings is 1. The Hall–Kier alpha value is -2.60. The molecular formula is C17H21N3O3. The fraction of sp³-hybridized carbons (Fsp3) is 0.294. The Morgan fingerprint density at radius 1 is 1.17 bits per heavy atom. The molecule has 0 aliphatic carbocycles. The van der Waals surface area contributed by atoms with Crippen LogP contribution >= 0.6 is 0 Å². The molecule has 2 aromatic rings. The molecule has 1 aromatic heterocycles. The van der Waals surface area contributed by atoms with Gasteiger partial charge in [-0.15, -0.1) is 0 Å². The van der Waals surface area contributed by atoms with E-state index in [-0.39, 0.29) is 5.91 Å². The molecule has 6 heteroatoms. The lowest BCUT2D eigenvalue weighted by atomic mass is 10.2. The average molecular weight is 315 g/mol. The van der Waals surface area contributed by atoms with Crippen molar-refractivity contribution >= 4 is 17.3 Å². The molecule has 1 heterocycles. The number of amides is 1. The minimum atomic E-state index is -0.260. The minimum Gasteiger partial charge on any atom is -0.494 e. The van der Waals surface area contributed by atoms with E-state index in [9.17, 15) is 4.79 Å². The quantitative estimate of drug-likeness (QED) is 0.733. The molecule has 0 radical (unpaired) electrons. The van der Waals surface area contributed by atoms with Gasteiger partial charge in [0.15, 0.2) is 0 Å². The van der Waals surface area contributed by atoms with Crippen LogP contribution in [0.15, 0.2) is 42.6 Å². The third-order valence-electron chi connectivity index (χ3n) is 3.05. The average Bonchev–Trinajstić information content (AvgIpc) is 2.57. The van der Waals surface area contributed by atoms with Gasteiger partial charge in [-0.25, -0.2) is 0 Å². The summed E-state index contributed by atoms with van der Waals surface area (Å²) in [6, 6.07) is 10.7. The first-order valence-electron chi connectivity index (χ1n) is 7.46. The number of carbonyl (C=O) groups is 1. The number of rotatable bonds is 8. The Balaban J connectivity index is 1.98. The van der Waals surface area contributed by atoms with Crippen molar-refractivity contribution in [2.75, 3.05) is 37.5 Å². The highest BCUT2D eigenvalue weighted by atomic mass is 16.5. The SMILES string of the molecule is CCOc1ccc(NC(=O)c2cc(NCCOC)ccn2)cc1. The van der Waals surface area contributed by atoms with E-state index in [0.29, 0.717) is 31.1 Å². The Morgan fingerprint density at radius 3 is 2.65 bits per heavy atom. The number of hydrogen-bond donors (Lipinski definition) is 2. The minimum absolute atomic E-state index is 0.260. The zero-order valence-corrected chi connectivity index (χ0v) is 13.3. The van der Waals surface area contributed by atoms with Crippen LogP contribution in [0.4, 0.5) is 11.4 Å². The van der Waals surface area contributed by atoms with Crippen LogP contribution in [-0.2, 0) is 4.74 Å². The normalized spacial score (nSPS) is 10.2. The number of nitrogens with one attached hydrogen (secondary N) is 2. The standard InChI is InChI=1S/C17H21N3O3/c1-3-23-15-6-4-13(5-7-15)20-17(21)16-12-14(8-9-19-16)18-10-11-22-2/h4-9,12H,3,10-11H2,1-2H3,(H,18,19)(H,20,21). The highest BCUT2D eigenvalue weighted by molar-refractivity contribution is 6.03. The summed E-state index contributed by atoms with van der Waals surface area (Å²) in [5, 5.41) is 5.98. The van der Waals surface area contributed by atoms with Gasteiger partial charge in [-0.2, -0.15) is 0 Å². The molecule has 0 saturated carbocycles. The fourth-order valence-corrected chi connectivity index (χ4v) is 1.96. The van der Waals surface area contributed by atoms with E-state index in [2.05, 4.69) is 15.6 Å². The van der Waals surface area contributed by atoms with Crippen LogP contribution in [0.5, 0.6) is 5.75 Å². The van der Waals surface area contributed by atoms with Crippen LogP contribution in [0.1, 0.15) is 17.4 Å². The zero-order chi connectivity index (χ0) is 16.5. The van der Waals surface area contributed by atoms with Crippen molar-refractivity contribution < 1.29 is 14.3 Å². The lowest BCUT2D eigenvalue weighted by molar-refractivity contribution is 0.102. The van der Waals surface area contributed by atoms with Gasteiger partial charge < -0.3 is 20.1 Å². The van der Waals surface area contributed by atoms with Crippen LogP contribution in [0.25, 0.3) is 0 Å². The van der Waals surface area contributed by atoms with Gasteiger partial charge in [0.05, 0.1) is 13.2 Å². The monoisotopic (exact) mass is 315 g/mol. The van der Waals surface area contributed by atoms with Crippen molar-refractivity contribution in [3.8, 4) is 5.75 Å². The lowest BCUT2D eigenvalue weighted by Gasteiger charge is -2.09. The maximum atomic E-state index is 12.2. The first kappa shape index (κ1) is 16.8. The summed E-state index contributed by atoms with van der Waals surface area (Å²) < 4.78 is 10.3. The van der Waals surface area contributed by atoms with Crippen LogP contribution in [0, 0.1) is 0 Å². The topological polar surface area (TPSA) is 72.5 Å². The van der Waals surface area contributed by atoms with Gasteiger partial charge in [-0.05, 0) is 43.3 Å². The van der Waals surface area contributed by atoms with Crippen molar-refractivity contribution in [3.05, 3.63) is 48.3 Å². The zero-order valence-electron chi connectivity index (χ0n) is 13.3. The van der Waals surface area contributed by atoms with E-state index in [1.165, 1.54) is 0 Å². The van der Waals surface area contributed by atoms with E-state index >= 15 is 0 Å². The van der Waals surface area contributed by atoms with E-state index in [1.807, 2.05) is 25.1 Å². The van der Waals surface area contributed by atoms with Crippen LogP contribution in [0.3, 0.4) is 0 Å². The number of carbonyl (C=O) groups excluding carboxylic acids is 1. The largest absolute Gasteiger partial charge is 0.494 e. The van der Waals surface area contributed by atoms with E-state index < -0.39 is 0 Å². The molecule has 1 amide bonds. The number of aromatic nitrogens is 1. The highest BCUT2D eigenvalue weighted by Gasteiger charge is 2.08. The molecule has 0 atom stereocenters. The maximum Gasteiger partial charge on any atom is 0.274 e. The molecule has 0 fully saturated rings. The van der Waals surface area contributed by atoms with Crippen LogP contribution in [0.2, 0.25) is 0 Å². The highest BCUT2D eigenvalue weighted by Crippen LogP contribution is 2.16. The second-order valence-corrected chi connectivity index (χ2v) is 4.76. The molecule has 0 bridgehead atoms. The lowest BCUT2D eigenvalue weighted by Crippen LogP contribution is -2.14. The number of nitrogens with zero attached hydrogens (tertiary/aromatic N) is 1. The molecule has 2 N–H and O–H groups in total. The molecule has 0 aliphatic rings. The molecule has 1 aromatic carbocycles. The summed E-state index contributed by atoms with van der Waals surface area (Å²) in [5.41, 5.74) is 1.87. The number of pyridine rings is 1. The third-order valence-corrected chi connectivity index (χ3v) is 3.05. The predicted molar refractivity (Wildman–Crippen MR) is 90.2 cm³/mol. The van der Waals surface area contributed by atoms with Crippen molar-refractivity contribution in [1.29, 1.82) is 0 Å². The van der Waals surface area contributed by atoms with E-state index in [0.717, 1.165) is 11.4 Å². The predicted octanol–water partition coefficient (Wildman–Crippen LogP) is 2.79. The smallest absolute Gasteiger partial charge is 0.274 e. The van der Waals surface area contributed by atoms with Crippen LogP contribution < -0.4 is 15.4 Å². The van der Waals surface area contributed by atoms with Gasteiger partial charge in [-0.1, -0.05) is 0 Å². The molecular weight excluding hydrogens is 294 g/mol.